The van der Waals surface area contributed by atoms with E-state index in [4.69, 9.17) is 11.6 Å². The second kappa shape index (κ2) is 3.78. The maximum absolute atomic E-state index is 9.93. The van der Waals surface area contributed by atoms with Crippen molar-refractivity contribution < 1.29 is 5.11 Å². The second-order valence-electron chi connectivity index (χ2n) is 5.50. The molecule has 1 N–H and O–H groups in total. The van der Waals surface area contributed by atoms with Crippen LogP contribution in [0.2, 0.25) is 0 Å². The van der Waals surface area contributed by atoms with Gasteiger partial charge in [0.15, 0.2) is 0 Å². The lowest BCUT2D eigenvalue weighted by Crippen LogP contribution is -2.38. The Balaban J connectivity index is 2.48. The van der Waals surface area contributed by atoms with E-state index in [1.54, 1.807) is 0 Å². The monoisotopic (exact) mass is 204 g/mol. The van der Waals surface area contributed by atoms with E-state index in [0.717, 1.165) is 31.6 Å². The predicted octanol–water partition coefficient (Wildman–Crippen LogP) is 3.19. The van der Waals surface area contributed by atoms with Gasteiger partial charge in [-0.3, -0.25) is 0 Å². The molecule has 13 heavy (non-hydrogen) atoms. The summed E-state index contributed by atoms with van der Waals surface area (Å²) < 4.78 is 0. The first-order chi connectivity index (χ1) is 5.87. The van der Waals surface area contributed by atoms with Crippen LogP contribution < -0.4 is 0 Å². The van der Waals surface area contributed by atoms with Gasteiger partial charge >= 0.3 is 0 Å². The van der Waals surface area contributed by atoms with E-state index >= 15 is 0 Å². The smallest absolute Gasteiger partial charge is 0.0782 e. The van der Waals surface area contributed by atoms with Gasteiger partial charge in [0.05, 0.1) is 11.5 Å². The summed E-state index contributed by atoms with van der Waals surface area (Å²) in [5, 5.41) is 9.93. The van der Waals surface area contributed by atoms with Crippen LogP contribution in [-0.2, 0) is 0 Å². The van der Waals surface area contributed by atoms with Crippen molar-refractivity contribution in [2.75, 3.05) is 5.88 Å². The summed E-state index contributed by atoms with van der Waals surface area (Å²) in [7, 11) is 0. The number of aliphatic hydroxyl groups is 1. The molecule has 0 amide bonds. The Labute approximate surface area is 86.5 Å². The topological polar surface area (TPSA) is 20.2 Å². The maximum Gasteiger partial charge on any atom is 0.0782 e. The van der Waals surface area contributed by atoms with Crippen LogP contribution in [0.3, 0.4) is 0 Å². The lowest BCUT2D eigenvalue weighted by atomic mass is 9.69. The van der Waals surface area contributed by atoms with Gasteiger partial charge in [0.25, 0.3) is 0 Å². The molecular formula is C11H21ClO. The molecule has 1 saturated carbocycles. The van der Waals surface area contributed by atoms with Crippen LogP contribution in [0.1, 0.15) is 46.5 Å². The molecule has 2 heteroatoms. The Morgan fingerprint density at radius 3 is 2.08 bits per heavy atom. The molecule has 0 bridgehead atoms. The minimum atomic E-state index is -0.566. The normalized spacial score (nSPS) is 36.2. The van der Waals surface area contributed by atoms with Crippen LogP contribution >= 0.6 is 11.6 Å². The van der Waals surface area contributed by atoms with Crippen LogP contribution in [0.4, 0.5) is 0 Å². The minimum Gasteiger partial charge on any atom is -0.389 e. The molecule has 78 valence electrons. The molecule has 0 atom stereocenters. The largest absolute Gasteiger partial charge is 0.389 e. The highest BCUT2D eigenvalue weighted by molar-refractivity contribution is 6.18. The van der Waals surface area contributed by atoms with Crippen molar-refractivity contribution in [3.05, 3.63) is 0 Å². The molecule has 1 aliphatic carbocycles. The third kappa shape index (κ3) is 2.85. The molecule has 1 nitrogen and oxygen atoms in total. The number of hydrogen-bond donors (Lipinski definition) is 1. The van der Waals surface area contributed by atoms with E-state index < -0.39 is 5.60 Å². The summed E-state index contributed by atoms with van der Waals surface area (Å²) in [5.74, 6) is 1.14. The van der Waals surface area contributed by atoms with Crippen molar-refractivity contribution in [1.29, 1.82) is 0 Å². The zero-order valence-corrected chi connectivity index (χ0v) is 9.69. The first-order valence-electron chi connectivity index (χ1n) is 5.16. The molecule has 0 aromatic carbocycles. The van der Waals surface area contributed by atoms with Gasteiger partial charge in [0, 0.05) is 0 Å². The first kappa shape index (κ1) is 11.3. The van der Waals surface area contributed by atoms with Crippen LogP contribution in [0, 0.1) is 11.3 Å². The second-order valence-corrected chi connectivity index (χ2v) is 5.77. The van der Waals surface area contributed by atoms with E-state index in [9.17, 15) is 5.11 Å². The number of hydrogen-bond acceptors (Lipinski definition) is 1. The molecule has 0 aromatic rings. The summed E-state index contributed by atoms with van der Waals surface area (Å²) in [6.45, 7) is 6.84. The van der Waals surface area contributed by atoms with Gasteiger partial charge in [-0.1, -0.05) is 20.8 Å². The van der Waals surface area contributed by atoms with Gasteiger partial charge in [-0.15, -0.1) is 11.6 Å². The molecule has 0 radical (unpaired) electrons. The third-order valence-electron chi connectivity index (χ3n) is 3.39. The Morgan fingerprint density at radius 1 is 1.31 bits per heavy atom. The van der Waals surface area contributed by atoms with E-state index in [0.29, 0.717) is 11.3 Å². The molecule has 0 aromatic heterocycles. The maximum atomic E-state index is 9.93. The van der Waals surface area contributed by atoms with Gasteiger partial charge in [0.2, 0.25) is 0 Å². The molecule has 0 spiro atoms. The van der Waals surface area contributed by atoms with Crippen molar-refractivity contribution in [3.63, 3.8) is 0 Å². The Kier molecular flexibility index (Phi) is 3.29. The van der Waals surface area contributed by atoms with Crippen LogP contribution in [0.15, 0.2) is 0 Å². The minimum absolute atomic E-state index is 0.383. The molecule has 0 saturated heterocycles. The van der Waals surface area contributed by atoms with E-state index in [2.05, 4.69) is 20.8 Å². The standard InChI is InChI=1S/C11H21ClO/c1-10(2,3)9-4-6-11(13,8-12)7-5-9/h9,13H,4-8H2,1-3H3. The molecule has 0 unspecified atom stereocenters. The van der Waals surface area contributed by atoms with Gasteiger partial charge < -0.3 is 5.11 Å². The van der Waals surface area contributed by atoms with Crippen LogP contribution in [-0.4, -0.2) is 16.6 Å². The Morgan fingerprint density at radius 2 is 1.77 bits per heavy atom. The fourth-order valence-electron chi connectivity index (χ4n) is 2.15. The summed E-state index contributed by atoms with van der Waals surface area (Å²) >= 11 is 5.73. The van der Waals surface area contributed by atoms with Crippen LogP contribution in [0.5, 0.6) is 0 Å². The summed E-state index contributed by atoms with van der Waals surface area (Å²) in [5.41, 5.74) is -0.184. The van der Waals surface area contributed by atoms with Crippen molar-refractivity contribution >= 4 is 11.6 Å². The first-order valence-corrected chi connectivity index (χ1v) is 5.69. The molecule has 0 heterocycles. The zero-order valence-electron chi connectivity index (χ0n) is 8.94. The summed E-state index contributed by atoms with van der Waals surface area (Å²) in [6, 6.07) is 0. The number of alkyl halides is 1. The Bertz CT molecular complexity index is 163. The fourth-order valence-corrected chi connectivity index (χ4v) is 2.42. The lowest BCUT2D eigenvalue weighted by molar-refractivity contribution is -0.00684. The highest BCUT2D eigenvalue weighted by Crippen LogP contribution is 2.41. The lowest BCUT2D eigenvalue weighted by Gasteiger charge is -2.40. The van der Waals surface area contributed by atoms with E-state index in [1.165, 1.54) is 0 Å². The van der Waals surface area contributed by atoms with Gasteiger partial charge in [-0.05, 0) is 37.0 Å². The van der Waals surface area contributed by atoms with E-state index in [1.807, 2.05) is 0 Å². The van der Waals surface area contributed by atoms with Gasteiger partial charge in [-0.2, -0.15) is 0 Å². The molecule has 1 aliphatic rings. The molecule has 1 rings (SSSR count). The number of rotatable bonds is 1. The molecule has 1 fully saturated rings. The van der Waals surface area contributed by atoms with E-state index in [-0.39, 0.29) is 0 Å². The van der Waals surface area contributed by atoms with Crippen molar-refractivity contribution in [1.82, 2.24) is 0 Å². The van der Waals surface area contributed by atoms with Crippen LogP contribution in [0.25, 0.3) is 0 Å². The third-order valence-corrected chi connectivity index (χ3v) is 3.89. The summed E-state index contributed by atoms with van der Waals surface area (Å²) in [4.78, 5) is 0. The molecule has 0 aliphatic heterocycles. The summed E-state index contributed by atoms with van der Waals surface area (Å²) in [6.07, 6.45) is 3.98. The zero-order chi connectivity index (χ0) is 10.1. The fraction of sp³-hybridized carbons (Fsp3) is 1.00. The SMILES string of the molecule is CC(C)(C)C1CCC(O)(CCl)CC1. The van der Waals surface area contributed by atoms with Gasteiger partial charge in [0.1, 0.15) is 0 Å². The predicted molar refractivity (Wildman–Crippen MR) is 57.1 cm³/mol. The van der Waals surface area contributed by atoms with Crippen molar-refractivity contribution in [2.24, 2.45) is 11.3 Å². The average Bonchev–Trinajstić information content (AvgIpc) is 2.04. The van der Waals surface area contributed by atoms with Crippen molar-refractivity contribution in [3.8, 4) is 0 Å². The molecular weight excluding hydrogens is 184 g/mol. The Hall–Kier alpha value is 0.250. The van der Waals surface area contributed by atoms with Gasteiger partial charge in [-0.25, -0.2) is 0 Å². The highest BCUT2D eigenvalue weighted by atomic mass is 35.5. The highest BCUT2D eigenvalue weighted by Gasteiger charge is 2.36. The number of halogens is 1. The quantitative estimate of drug-likeness (QED) is 0.651. The van der Waals surface area contributed by atoms with Crippen molar-refractivity contribution in [2.45, 2.75) is 52.1 Å². The average molecular weight is 205 g/mol.